The van der Waals surface area contributed by atoms with Crippen LogP contribution in [0.15, 0.2) is 51.8 Å². The van der Waals surface area contributed by atoms with Gasteiger partial charge in [0.25, 0.3) is 0 Å². The van der Waals surface area contributed by atoms with Gasteiger partial charge in [0.05, 0.1) is 6.42 Å². The largest absolute Gasteiger partial charge is 0.357 e. The summed E-state index contributed by atoms with van der Waals surface area (Å²) < 4.78 is 4.68. The zero-order valence-corrected chi connectivity index (χ0v) is 18.1. The summed E-state index contributed by atoms with van der Waals surface area (Å²) in [6, 6.07) is 14.2. The van der Waals surface area contributed by atoms with Crippen LogP contribution in [-0.4, -0.2) is 54.3 Å². The van der Waals surface area contributed by atoms with Crippen molar-refractivity contribution >= 4 is 41.0 Å². The molecule has 2 heterocycles. The number of amidine groups is 1. The number of benzene rings is 2. The minimum absolute atomic E-state index is 0.0480. The summed E-state index contributed by atoms with van der Waals surface area (Å²) in [6.07, 6.45) is 1.36. The summed E-state index contributed by atoms with van der Waals surface area (Å²) in [5.41, 5.74) is 3.05. The molecule has 0 spiro atoms. The third-order valence-corrected chi connectivity index (χ3v) is 6.64. The number of hydrogen-bond acceptors (Lipinski definition) is 4. The third-order valence-electron chi connectivity index (χ3n) is 5.45. The fourth-order valence-corrected chi connectivity index (χ4v) is 4.61. The van der Waals surface area contributed by atoms with E-state index in [1.807, 2.05) is 24.3 Å². The fourth-order valence-electron chi connectivity index (χ4n) is 3.72. The van der Waals surface area contributed by atoms with Crippen molar-refractivity contribution < 1.29 is 4.79 Å². The van der Waals surface area contributed by atoms with Crippen LogP contribution in [0.2, 0.25) is 5.02 Å². The van der Waals surface area contributed by atoms with Crippen LogP contribution in [0.5, 0.6) is 0 Å². The molecular weight excluding hydrogens is 404 g/mol. The number of carbonyl (C=O) groups is 1. The average Bonchev–Trinajstić information content (AvgIpc) is 3.10. The third kappa shape index (κ3) is 5.13. The molecule has 2 aromatic carbocycles. The predicted molar refractivity (Wildman–Crippen MR) is 121 cm³/mol. The first kappa shape index (κ1) is 20.3. The van der Waals surface area contributed by atoms with Gasteiger partial charge in [0.2, 0.25) is 5.91 Å². The summed E-state index contributed by atoms with van der Waals surface area (Å²) in [7, 11) is 0. The van der Waals surface area contributed by atoms with Gasteiger partial charge in [-0.05, 0) is 42.7 Å². The molecular formula is C22H25ClN4OS. The van der Waals surface area contributed by atoms with Crippen molar-refractivity contribution in [3.8, 4) is 0 Å². The number of piperazine rings is 1. The second-order valence-corrected chi connectivity index (χ2v) is 8.69. The van der Waals surface area contributed by atoms with E-state index in [0.717, 1.165) is 71.7 Å². The number of carbonyl (C=O) groups excluding carboxylic acids is 1. The molecule has 0 aromatic heterocycles. The second-order valence-electron chi connectivity index (χ2n) is 7.45. The van der Waals surface area contributed by atoms with Crippen LogP contribution >= 0.6 is 23.5 Å². The van der Waals surface area contributed by atoms with Crippen LogP contribution in [0, 0.1) is 0 Å². The van der Waals surface area contributed by atoms with Gasteiger partial charge in [-0.1, -0.05) is 35.9 Å². The highest BCUT2D eigenvalue weighted by Gasteiger charge is 2.21. The lowest BCUT2D eigenvalue weighted by Gasteiger charge is -2.35. The topological polar surface area (TPSA) is 47.9 Å². The van der Waals surface area contributed by atoms with Crippen LogP contribution < -0.4 is 5.32 Å². The van der Waals surface area contributed by atoms with Crippen LogP contribution in [0.3, 0.4) is 0 Å². The molecule has 0 aliphatic carbocycles. The van der Waals surface area contributed by atoms with E-state index in [-0.39, 0.29) is 5.91 Å². The molecule has 2 aliphatic heterocycles. The maximum Gasteiger partial charge on any atom is 0.228 e. The lowest BCUT2D eigenvalue weighted by Crippen LogP contribution is -2.48. The van der Waals surface area contributed by atoms with E-state index in [1.54, 1.807) is 0 Å². The number of rotatable bonds is 5. The first-order valence-corrected chi connectivity index (χ1v) is 11.1. The van der Waals surface area contributed by atoms with Gasteiger partial charge in [0.1, 0.15) is 5.84 Å². The molecule has 1 amide bonds. The maximum atomic E-state index is 11.6. The van der Waals surface area contributed by atoms with Gasteiger partial charge in [0, 0.05) is 60.3 Å². The quantitative estimate of drug-likeness (QED) is 0.442. The van der Waals surface area contributed by atoms with Gasteiger partial charge in [-0.15, -0.1) is 0 Å². The molecule has 7 heteroatoms. The van der Waals surface area contributed by atoms with E-state index < -0.39 is 0 Å². The van der Waals surface area contributed by atoms with Crippen molar-refractivity contribution in [2.24, 2.45) is 4.40 Å². The number of nitrogens with zero attached hydrogens (tertiary/aromatic N) is 3. The van der Waals surface area contributed by atoms with Gasteiger partial charge in [-0.25, -0.2) is 0 Å². The molecule has 0 unspecified atom stereocenters. The molecule has 2 aromatic rings. The van der Waals surface area contributed by atoms with Crippen LogP contribution in [0.1, 0.15) is 18.1 Å². The molecule has 152 valence electrons. The molecule has 4 rings (SSSR count). The van der Waals surface area contributed by atoms with E-state index in [9.17, 15) is 4.79 Å². The van der Waals surface area contributed by atoms with E-state index >= 15 is 0 Å². The van der Waals surface area contributed by atoms with Crippen LogP contribution in [-0.2, 0) is 17.6 Å². The molecule has 0 radical (unpaired) electrons. The molecule has 0 atom stereocenters. The standard InChI is InChI=1S/C22H25ClN4OS/c1-16(25-29-19-5-3-2-4-6-19)27-11-9-26(10-12-27)8-7-17-13-18-14-22(28)24-21(18)15-20(17)23/h2-6,13,15H,7-12,14H2,1H3,(H,24,28)/b25-16+. The SMILES string of the molecule is C/C(=N\Sc1ccccc1)N1CCN(CCc2cc3c(cc2Cl)NC(=O)C3)CC1. The fraction of sp³-hybridized carbons (Fsp3) is 0.364. The Bertz CT molecular complexity index is 911. The summed E-state index contributed by atoms with van der Waals surface area (Å²) in [5, 5.41) is 3.60. The zero-order valence-electron chi connectivity index (χ0n) is 16.5. The molecule has 1 fully saturated rings. The summed E-state index contributed by atoms with van der Waals surface area (Å²) in [5.74, 6) is 1.13. The smallest absolute Gasteiger partial charge is 0.228 e. The van der Waals surface area contributed by atoms with Gasteiger partial charge in [0.15, 0.2) is 0 Å². The van der Waals surface area contributed by atoms with Crippen molar-refractivity contribution in [2.45, 2.75) is 24.7 Å². The van der Waals surface area contributed by atoms with Crippen LogP contribution in [0.25, 0.3) is 0 Å². The summed E-state index contributed by atoms with van der Waals surface area (Å²) in [6.45, 7) is 7.08. The van der Waals surface area contributed by atoms with Crippen molar-refractivity contribution in [1.82, 2.24) is 9.80 Å². The Hall–Kier alpha value is -2.02. The highest BCUT2D eigenvalue weighted by atomic mass is 35.5. The van der Waals surface area contributed by atoms with Gasteiger partial charge >= 0.3 is 0 Å². The normalized spacial score (nSPS) is 17.4. The molecule has 5 nitrogen and oxygen atoms in total. The van der Waals surface area contributed by atoms with Gasteiger partial charge in [-0.2, -0.15) is 4.40 Å². The number of halogens is 1. The molecule has 0 bridgehead atoms. The van der Waals surface area contributed by atoms with Crippen molar-refractivity contribution in [1.29, 1.82) is 0 Å². The Balaban J connectivity index is 1.26. The first-order valence-electron chi connectivity index (χ1n) is 9.93. The number of hydrogen-bond donors (Lipinski definition) is 1. The Morgan fingerprint density at radius 2 is 1.93 bits per heavy atom. The number of nitrogens with one attached hydrogen (secondary N) is 1. The number of amides is 1. The van der Waals surface area contributed by atoms with Crippen molar-refractivity contribution in [3.05, 3.63) is 58.6 Å². The Morgan fingerprint density at radius 1 is 1.17 bits per heavy atom. The van der Waals surface area contributed by atoms with E-state index in [1.165, 1.54) is 11.9 Å². The van der Waals surface area contributed by atoms with Gasteiger partial charge < -0.3 is 10.2 Å². The summed E-state index contributed by atoms with van der Waals surface area (Å²) >= 11 is 7.96. The molecule has 29 heavy (non-hydrogen) atoms. The molecule has 0 saturated carbocycles. The predicted octanol–water partition coefficient (Wildman–Crippen LogP) is 4.12. The van der Waals surface area contributed by atoms with Crippen molar-refractivity contribution in [2.75, 3.05) is 38.0 Å². The van der Waals surface area contributed by atoms with Crippen molar-refractivity contribution in [3.63, 3.8) is 0 Å². The number of fused-ring (bicyclic) bond motifs is 1. The summed E-state index contributed by atoms with van der Waals surface area (Å²) in [4.78, 5) is 17.5. The van der Waals surface area contributed by atoms with Crippen LogP contribution in [0.4, 0.5) is 5.69 Å². The minimum atomic E-state index is 0.0480. The average molecular weight is 429 g/mol. The zero-order chi connectivity index (χ0) is 20.2. The molecule has 2 aliphatic rings. The van der Waals surface area contributed by atoms with E-state index in [4.69, 9.17) is 11.6 Å². The highest BCUT2D eigenvalue weighted by molar-refractivity contribution is 7.98. The lowest BCUT2D eigenvalue weighted by molar-refractivity contribution is -0.115. The Morgan fingerprint density at radius 3 is 2.69 bits per heavy atom. The Kier molecular flexibility index (Phi) is 6.43. The van der Waals surface area contributed by atoms with E-state index in [0.29, 0.717) is 6.42 Å². The second kappa shape index (κ2) is 9.20. The first-order chi connectivity index (χ1) is 14.1. The minimum Gasteiger partial charge on any atom is -0.357 e. The van der Waals surface area contributed by atoms with Gasteiger partial charge in [-0.3, -0.25) is 9.69 Å². The number of anilines is 1. The Labute approximate surface area is 181 Å². The molecule has 1 saturated heterocycles. The van der Waals surface area contributed by atoms with E-state index in [2.05, 4.69) is 44.6 Å². The highest BCUT2D eigenvalue weighted by Crippen LogP contribution is 2.30. The molecule has 1 N–H and O–H groups in total. The maximum absolute atomic E-state index is 11.6. The monoisotopic (exact) mass is 428 g/mol. The lowest BCUT2D eigenvalue weighted by atomic mass is 10.1.